The molecule has 0 fully saturated rings. The minimum atomic E-state index is -1.33. The fourth-order valence-electron chi connectivity index (χ4n) is 6.49. The first-order chi connectivity index (χ1) is 26.6. The van der Waals surface area contributed by atoms with E-state index in [1.165, 1.54) is 30.3 Å². The van der Waals surface area contributed by atoms with Gasteiger partial charge in [0.2, 0.25) is 0 Å². The first-order valence-electron chi connectivity index (χ1n) is 16.8. The molecule has 9 N–H and O–H groups in total. The largest absolute Gasteiger partial charge is 0.508 e. The lowest BCUT2D eigenvalue weighted by atomic mass is 9.82. The number of fused-ring (bicyclic) bond motifs is 2. The Kier molecular flexibility index (Phi) is 12.7. The van der Waals surface area contributed by atoms with Gasteiger partial charge >= 0.3 is 29.8 Å². The zero-order valence-corrected chi connectivity index (χ0v) is 30.1. The van der Waals surface area contributed by atoms with Crippen LogP contribution in [0.4, 0.5) is 11.4 Å². The van der Waals surface area contributed by atoms with E-state index in [1.807, 2.05) is 0 Å². The Morgan fingerprint density at radius 3 is 1.71 bits per heavy atom. The highest BCUT2D eigenvalue weighted by atomic mass is 32.1. The Balaban J connectivity index is 1.34. The summed E-state index contributed by atoms with van der Waals surface area (Å²) in [5, 5.41) is 73.8. The van der Waals surface area contributed by atoms with Crippen molar-refractivity contribution in [3.8, 4) is 23.0 Å². The summed E-state index contributed by atoms with van der Waals surface area (Å²) in [6, 6.07) is 19.6. The maximum absolute atomic E-state index is 12.5. The standard InChI is InChI=1S/C38H36N4O13S/c43-24-6-8-26-30(13-24)55-31-14-25(44)7-9-27(31)36(26)21-3-10-29(28(12-21)37(53)54)40-38(56)39-22-4-1-20(2-5-22)11-23(42(18-34(49)50)19-35(51)52)15-41(16-32(45)46)17-33(47)48/h1-10,12-14,23,36,43-44H,11,15-19H2,(H,45,46)(H,47,48)(H,49,50)(H,51,52)(H,53,54)(H2,39,40,56). The van der Waals surface area contributed by atoms with Crippen LogP contribution < -0.4 is 15.4 Å². The van der Waals surface area contributed by atoms with E-state index in [-0.39, 0.29) is 40.8 Å². The van der Waals surface area contributed by atoms with Crippen molar-refractivity contribution in [1.82, 2.24) is 9.80 Å². The van der Waals surface area contributed by atoms with E-state index in [0.29, 0.717) is 39.4 Å². The summed E-state index contributed by atoms with van der Waals surface area (Å²) in [6.07, 6.45) is 0.0258. The van der Waals surface area contributed by atoms with Crippen molar-refractivity contribution in [2.75, 3.05) is 43.4 Å². The van der Waals surface area contributed by atoms with Gasteiger partial charge in [0.15, 0.2) is 5.11 Å². The van der Waals surface area contributed by atoms with Gasteiger partial charge in [-0.05, 0) is 66.2 Å². The molecule has 5 rings (SSSR count). The third kappa shape index (κ3) is 10.5. The van der Waals surface area contributed by atoms with Crippen LogP contribution in [0, 0.1) is 0 Å². The number of phenols is 2. The third-order valence-corrected chi connectivity index (χ3v) is 8.96. The number of benzene rings is 4. The van der Waals surface area contributed by atoms with E-state index in [2.05, 4.69) is 10.6 Å². The van der Waals surface area contributed by atoms with Gasteiger partial charge in [0, 0.05) is 47.5 Å². The summed E-state index contributed by atoms with van der Waals surface area (Å²) in [7, 11) is 0. The van der Waals surface area contributed by atoms with Crippen molar-refractivity contribution in [3.63, 3.8) is 0 Å². The first kappa shape index (κ1) is 40.4. The van der Waals surface area contributed by atoms with Crippen LogP contribution in [0.5, 0.6) is 23.0 Å². The highest BCUT2D eigenvalue weighted by molar-refractivity contribution is 7.80. The molecule has 292 valence electrons. The number of aromatic hydroxyl groups is 2. The molecule has 0 radical (unpaired) electrons. The molecule has 0 saturated heterocycles. The fourth-order valence-corrected chi connectivity index (χ4v) is 6.72. The lowest BCUT2D eigenvalue weighted by Crippen LogP contribution is -2.50. The van der Waals surface area contributed by atoms with E-state index in [1.54, 1.807) is 48.5 Å². The number of hydrogen-bond acceptors (Lipinski definition) is 11. The highest BCUT2D eigenvalue weighted by Crippen LogP contribution is 2.49. The SMILES string of the molecule is O=C(O)CN(CC(=O)O)CC(Cc1ccc(NC(=S)Nc2ccc(C3c4ccc(O)cc4Oc4cc(O)ccc43)cc2C(=O)O)cc1)N(CC(=O)O)CC(=O)O. The van der Waals surface area contributed by atoms with Crippen LogP contribution in [0.3, 0.4) is 0 Å². The molecule has 1 heterocycles. The number of aliphatic carboxylic acids is 4. The van der Waals surface area contributed by atoms with Crippen LogP contribution >= 0.6 is 12.2 Å². The van der Waals surface area contributed by atoms with Crippen LogP contribution in [0.1, 0.15) is 38.5 Å². The number of carboxylic acid groups (broad SMARTS) is 5. The van der Waals surface area contributed by atoms with Crippen molar-refractivity contribution >= 4 is 58.6 Å². The van der Waals surface area contributed by atoms with Gasteiger partial charge < -0.3 is 51.1 Å². The Labute approximate surface area is 323 Å². The van der Waals surface area contributed by atoms with E-state index in [9.17, 15) is 59.7 Å². The lowest BCUT2D eigenvalue weighted by Gasteiger charge is -2.33. The van der Waals surface area contributed by atoms with Crippen molar-refractivity contribution in [2.24, 2.45) is 0 Å². The molecule has 0 amide bonds. The molecule has 18 heteroatoms. The molecule has 0 spiro atoms. The number of thiocarbonyl (C=S) groups is 1. The molecule has 1 unspecified atom stereocenters. The maximum Gasteiger partial charge on any atom is 0.337 e. The van der Waals surface area contributed by atoms with Crippen molar-refractivity contribution in [1.29, 1.82) is 0 Å². The molecule has 17 nitrogen and oxygen atoms in total. The number of rotatable bonds is 17. The predicted molar refractivity (Wildman–Crippen MR) is 203 cm³/mol. The number of anilines is 2. The first-order valence-corrected chi connectivity index (χ1v) is 17.2. The number of phenolic OH excluding ortho intramolecular Hbond substituents is 2. The van der Waals surface area contributed by atoms with E-state index >= 15 is 0 Å². The van der Waals surface area contributed by atoms with Crippen LogP contribution in [0.15, 0.2) is 78.9 Å². The molecule has 4 aromatic carbocycles. The molecule has 1 aliphatic rings. The molecule has 0 aromatic heterocycles. The van der Waals surface area contributed by atoms with Crippen molar-refractivity contribution in [2.45, 2.75) is 18.4 Å². The Bertz CT molecular complexity index is 2100. The molecule has 1 atom stereocenters. The number of nitrogens with one attached hydrogen (secondary N) is 2. The Morgan fingerprint density at radius 2 is 1.21 bits per heavy atom. The molecule has 0 bridgehead atoms. The summed E-state index contributed by atoms with van der Waals surface area (Å²) in [5.41, 5.74) is 3.03. The van der Waals surface area contributed by atoms with Gasteiger partial charge in [0.25, 0.3) is 0 Å². The van der Waals surface area contributed by atoms with Gasteiger partial charge in [-0.1, -0.05) is 30.3 Å². The summed E-state index contributed by atoms with van der Waals surface area (Å²) in [4.78, 5) is 60.8. The highest BCUT2D eigenvalue weighted by Gasteiger charge is 2.31. The molecule has 4 aromatic rings. The zero-order valence-electron chi connectivity index (χ0n) is 29.3. The van der Waals surface area contributed by atoms with Gasteiger partial charge in [-0.2, -0.15) is 0 Å². The molecule has 56 heavy (non-hydrogen) atoms. The summed E-state index contributed by atoms with van der Waals surface area (Å²) >= 11 is 5.49. The smallest absolute Gasteiger partial charge is 0.337 e. The minimum absolute atomic E-state index is 0.0258. The quantitative estimate of drug-likeness (QED) is 0.0607. The van der Waals surface area contributed by atoms with Crippen molar-refractivity contribution < 1.29 is 64.5 Å². The number of hydrogen-bond donors (Lipinski definition) is 9. The van der Waals surface area contributed by atoms with Gasteiger partial charge in [-0.3, -0.25) is 29.0 Å². The fraction of sp³-hybridized carbons (Fsp3) is 0.211. The summed E-state index contributed by atoms with van der Waals surface area (Å²) < 4.78 is 5.95. The van der Waals surface area contributed by atoms with Gasteiger partial charge in [-0.15, -0.1) is 0 Å². The normalized spacial score (nSPS) is 12.5. The second-order valence-corrected chi connectivity index (χ2v) is 13.3. The lowest BCUT2D eigenvalue weighted by molar-refractivity contribution is -0.146. The molecule has 1 aliphatic heterocycles. The van der Waals surface area contributed by atoms with Crippen LogP contribution in [-0.2, 0) is 25.6 Å². The topological polar surface area (TPSA) is 267 Å². The molecule has 0 saturated carbocycles. The minimum Gasteiger partial charge on any atom is -0.508 e. The van der Waals surface area contributed by atoms with Crippen LogP contribution in [0.25, 0.3) is 0 Å². The average Bonchev–Trinajstić information content (AvgIpc) is 3.10. The second kappa shape index (κ2) is 17.6. The van der Waals surface area contributed by atoms with Crippen molar-refractivity contribution in [3.05, 3.63) is 107 Å². The van der Waals surface area contributed by atoms with Gasteiger partial charge in [-0.25, -0.2) is 4.79 Å². The summed E-state index contributed by atoms with van der Waals surface area (Å²) in [5.74, 6) is -6.44. The van der Waals surface area contributed by atoms with E-state index in [4.69, 9.17) is 17.0 Å². The summed E-state index contributed by atoms with van der Waals surface area (Å²) in [6.45, 7) is -3.02. The number of nitrogens with zero attached hydrogens (tertiary/aromatic N) is 2. The molecule has 0 aliphatic carbocycles. The van der Waals surface area contributed by atoms with E-state index < -0.39 is 68.0 Å². The number of carbonyl (C=O) groups is 5. The Morgan fingerprint density at radius 1 is 0.679 bits per heavy atom. The van der Waals surface area contributed by atoms with Gasteiger partial charge in [0.1, 0.15) is 23.0 Å². The number of ether oxygens (including phenoxy) is 1. The monoisotopic (exact) mass is 788 g/mol. The van der Waals surface area contributed by atoms with Gasteiger partial charge in [0.05, 0.1) is 37.4 Å². The number of aromatic carboxylic acids is 1. The van der Waals surface area contributed by atoms with E-state index in [0.717, 1.165) is 9.80 Å². The zero-order chi connectivity index (χ0) is 40.7. The van der Waals surface area contributed by atoms with Crippen LogP contribution in [0.2, 0.25) is 0 Å². The second-order valence-electron chi connectivity index (χ2n) is 12.9. The molecular formula is C38H36N4O13S. The molecular weight excluding hydrogens is 753 g/mol. The average molecular weight is 789 g/mol. The predicted octanol–water partition coefficient (Wildman–Crippen LogP) is 3.74. The van der Waals surface area contributed by atoms with Crippen LogP contribution in [-0.4, -0.2) is 119 Å². The number of carboxylic acids is 5. The Hall–Kier alpha value is -6.76. The maximum atomic E-state index is 12.5. The third-order valence-electron chi connectivity index (χ3n) is 8.75.